The van der Waals surface area contributed by atoms with E-state index in [4.69, 9.17) is 19.4 Å². The average molecular weight is 573 g/mol. The molecule has 0 aliphatic heterocycles. The van der Waals surface area contributed by atoms with Crippen molar-refractivity contribution in [2.45, 2.75) is 13.8 Å². The molecule has 2 N–H and O–H groups in total. The molecule has 0 fully saturated rings. The Balaban J connectivity index is 1.60. The molecule has 0 unspecified atom stereocenters. The molecule has 0 spiro atoms. The lowest BCUT2D eigenvalue weighted by Gasteiger charge is -2.10. The van der Waals surface area contributed by atoms with Crippen LogP contribution in [-0.4, -0.2) is 33.1 Å². The predicted octanol–water partition coefficient (Wildman–Crippen LogP) is 9.72. The topological polar surface area (TPSA) is 75.8 Å². The second kappa shape index (κ2) is 9.44. The Kier molecular flexibility index (Phi) is 5.35. The summed E-state index contributed by atoms with van der Waals surface area (Å²) in [5.74, 6) is 1.65. The fraction of sp³-hybridized carbons (Fsp3) is 0.105. The van der Waals surface area contributed by atoms with Gasteiger partial charge in [-0.3, -0.25) is 0 Å². The van der Waals surface area contributed by atoms with E-state index in [-0.39, 0.29) is 0 Å². The Morgan fingerprint density at radius 3 is 1.36 bits per heavy atom. The number of nitrogens with one attached hydrogen (secondary N) is 2. The molecule has 44 heavy (non-hydrogen) atoms. The Morgan fingerprint density at radius 1 is 0.500 bits per heavy atom. The van der Waals surface area contributed by atoms with Gasteiger partial charge in [-0.2, -0.15) is 0 Å². The number of benzene rings is 4. The van der Waals surface area contributed by atoms with Gasteiger partial charge in [0.2, 0.25) is 0 Å². The molecule has 0 saturated heterocycles. The van der Waals surface area contributed by atoms with Crippen LogP contribution in [0.25, 0.3) is 87.2 Å². The van der Waals surface area contributed by atoms with E-state index < -0.39 is 0 Å². The van der Waals surface area contributed by atoms with Crippen LogP contribution in [0.2, 0.25) is 0 Å². The molecule has 0 aliphatic rings. The minimum atomic E-state index is 0.563. The van der Waals surface area contributed by atoms with Crippen LogP contribution in [0.1, 0.15) is 13.8 Å². The van der Waals surface area contributed by atoms with Crippen molar-refractivity contribution in [3.05, 3.63) is 97.1 Å². The van der Waals surface area contributed by atoms with Crippen molar-refractivity contribution in [2.24, 2.45) is 0 Å². The molecule has 5 heterocycles. The van der Waals surface area contributed by atoms with Crippen molar-refractivity contribution in [3.8, 4) is 11.5 Å². The number of ether oxygens (including phenoxy) is 2. The third kappa shape index (κ3) is 3.61. The number of aromatic nitrogens is 4. The number of para-hydroxylation sites is 4. The average Bonchev–Trinajstić information content (AvgIpc) is 3.69. The highest BCUT2D eigenvalue weighted by atomic mass is 16.5. The highest BCUT2D eigenvalue weighted by Crippen LogP contribution is 2.37. The number of nitrogens with zero attached hydrogens (tertiary/aromatic N) is 2. The van der Waals surface area contributed by atoms with Crippen LogP contribution in [0.4, 0.5) is 0 Å². The molecule has 5 aromatic heterocycles. The van der Waals surface area contributed by atoms with Crippen molar-refractivity contribution >= 4 is 87.2 Å². The molecule has 6 nitrogen and oxygen atoms in total. The number of aromatic amines is 2. The SMILES string of the molecule is CCOc1cc2nc3c1cccc3c1cc3cccc(c4cc(OCC)c5cccc(c6cc7cccc2c7[nH]6)c5n4)c3[nH]1. The maximum absolute atomic E-state index is 6.23. The van der Waals surface area contributed by atoms with E-state index in [1.165, 1.54) is 0 Å². The quantitative estimate of drug-likeness (QED) is 0.220. The first-order valence-corrected chi connectivity index (χ1v) is 15.1. The summed E-state index contributed by atoms with van der Waals surface area (Å²) in [5, 5.41) is 8.23. The molecular formula is C38H28N4O2. The zero-order chi connectivity index (χ0) is 29.4. The van der Waals surface area contributed by atoms with Gasteiger partial charge >= 0.3 is 0 Å². The van der Waals surface area contributed by atoms with Crippen molar-refractivity contribution in [1.82, 2.24) is 19.9 Å². The zero-order valence-corrected chi connectivity index (χ0v) is 24.4. The predicted molar refractivity (Wildman–Crippen MR) is 182 cm³/mol. The fourth-order valence-corrected chi connectivity index (χ4v) is 6.72. The summed E-state index contributed by atoms with van der Waals surface area (Å²) >= 11 is 0. The second-order valence-corrected chi connectivity index (χ2v) is 11.2. The molecule has 0 atom stereocenters. The van der Waals surface area contributed by atoms with E-state index in [9.17, 15) is 0 Å². The van der Waals surface area contributed by atoms with Gasteiger partial charge < -0.3 is 19.4 Å². The molecule has 6 heteroatoms. The van der Waals surface area contributed by atoms with Crippen LogP contribution in [0.3, 0.4) is 0 Å². The van der Waals surface area contributed by atoms with E-state index in [2.05, 4.69) is 107 Å². The third-order valence-corrected chi connectivity index (χ3v) is 8.65. The number of H-pyrrole nitrogens is 2. The van der Waals surface area contributed by atoms with Crippen LogP contribution in [0.5, 0.6) is 11.5 Å². The molecule has 0 saturated carbocycles. The summed E-state index contributed by atoms with van der Waals surface area (Å²) in [4.78, 5) is 18.2. The van der Waals surface area contributed by atoms with Gasteiger partial charge in [0.05, 0.1) is 46.3 Å². The molecule has 0 amide bonds. The lowest BCUT2D eigenvalue weighted by Crippen LogP contribution is -1.94. The zero-order valence-electron chi connectivity index (χ0n) is 24.4. The number of hydrogen-bond acceptors (Lipinski definition) is 4. The van der Waals surface area contributed by atoms with Gasteiger partial charge in [0, 0.05) is 66.3 Å². The Morgan fingerprint density at radius 2 is 0.909 bits per heavy atom. The van der Waals surface area contributed by atoms with E-state index in [0.717, 1.165) is 98.7 Å². The number of pyridine rings is 2. The van der Waals surface area contributed by atoms with E-state index in [0.29, 0.717) is 13.2 Å². The molecule has 8 bridgehead atoms. The molecule has 9 aromatic rings. The van der Waals surface area contributed by atoms with Gasteiger partial charge in [0.25, 0.3) is 0 Å². The molecule has 9 rings (SSSR count). The van der Waals surface area contributed by atoms with Crippen LogP contribution in [0, 0.1) is 0 Å². The molecular weight excluding hydrogens is 544 g/mol. The van der Waals surface area contributed by atoms with Crippen molar-refractivity contribution in [2.75, 3.05) is 13.2 Å². The Bertz CT molecular complexity index is 2460. The van der Waals surface area contributed by atoms with Crippen molar-refractivity contribution in [1.29, 1.82) is 0 Å². The first-order chi connectivity index (χ1) is 21.7. The maximum Gasteiger partial charge on any atom is 0.130 e. The third-order valence-electron chi connectivity index (χ3n) is 8.65. The van der Waals surface area contributed by atoms with Gasteiger partial charge in [-0.05, 0) is 38.1 Å². The molecule has 0 aliphatic carbocycles. The normalized spacial score (nSPS) is 12.0. The maximum atomic E-state index is 6.23. The van der Waals surface area contributed by atoms with Gasteiger partial charge in [-0.25, -0.2) is 9.97 Å². The summed E-state index contributed by atoms with van der Waals surface area (Å²) < 4.78 is 12.5. The van der Waals surface area contributed by atoms with Crippen LogP contribution in [0.15, 0.2) is 97.1 Å². The van der Waals surface area contributed by atoms with Crippen LogP contribution >= 0.6 is 0 Å². The largest absolute Gasteiger partial charge is 0.493 e. The van der Waals surface area contributed by atoms with Crippen molar-refractivity contribution < 1.29 is 9.47 Å². The van der Waals surface area contributed by atoms with Gasteiger partial charge in [-0.15, -0.1) is 0 Å². The number of hydrogen-bond donors (Lipinski definition) is 2. The Labute approximate surface area is 251 Å². The number of fused-ring (bicyclic) bond motifs is 8. The second-order valence-electron chi connectivity index (χ2n) is 11.2. The van der Waals surface area contributed by atoms with E-state index >= 15 is 0 Å². The van der Waals surface area contributed by atoms with Gasteiger partial charge in [0.1, 0.15) is 11.5 Å². The first-order valence-electron chi connectivity index (χ1n) is 15.1. The Hall–Kier alpha value is -5.62. The van der Waals surface area contributed by atoms with Crippen LogP contribution in [-0.2, 0) is 0 Å². The summed E-state index contributed by atoms with van der Waals surface area (Å²) in [6.07, 6.45) is 0. The standard InChI is InChI=1S/C38H28N4O2/c1-3-43-33-19-31-23-11-5-9-21-18-30(40-35(21)23)26-14-8-16-28-34(44-4-2)20-32(42-38(26)28)24-12-6-10-22-17-29(39-36(22)24)25-13-7-15-27(33)37(25)41-31/h5-20,39-40H,3-4H2,1-2H3. The summed E-state index contributed by atoms with van der Waals surface area (Å²) in [6.45, 7) is 5.17. The van der Waals surface area contributed by atoms with Crippen LogP contribution < -0.4 is 9.47 Å². The highest BCUT2D eigenvalue weighted by Gasteiger charge is 2.14. The molecule has 4 aromatic carbocycles. The molecule has 212 valence electrons. The summed E-state index contributed by atoms with van der Waals surface area (Å²) in [6, 6.07) is 33.8. The fourth-order valence-electron chi connectivity index (χ4n) is 6.72. The van der Waals surface area contributed by atoms with E-state index in [1.54, 1.807) is 0 Å². The van der Waals surface area contributed by atoms with Crippen molar-refractivity contribution in [3.63, 3.8) is 0 Å². The highest BCUT2D eigenvalue weighted by molar-refractivity contribution is 6.16. The lowest BCUT2D eigenvalue weighted by atomic mass is 10.1. The van der Waals surface area contributed by atoms with Gasteiger partial charge in [0.15, 0.2) is 0 Å². The minimum Gasteiger partial charge on any atom is -0.493 e. The first kappa shape index (κ1) is 24.9. The smallest absolute Gasteiger partial charge is 0.130 e. The summed E-state index contributed by atoms with van der Waals surface area (Å²) in [5.41, 5.74) is 7.51. The monoisotopic (exact) mass is 572 g/mol. The summed E-state index contributed by atoms with van der Waals surface area (Å²) in [7, 11) is 0. The lowest BCUT2D eigenvalue weighted by molar-refractivity contribution is 0.344. The minimum absolute atomic E-state index is 0.563. The van der Waals surface area contributed by atoms with Gasteiger partial charge in [-0.1, -0.05) is 60.7 Å². The van der Waals surface area contributed by atoms with E-state index in [1.807, 2.05) is 13.8 Å². The molecule has 0 radical (unpaired) electrons. The number of rotatable bonds is 4.